The monoisotopic (exact) mass is 238 g/mol. The van der Waals surface area contributed by atoms with Crippen molar-refractivity contribution >= 4 is 5.91 Å². The Morgan fingerprint density at radius 1 is 1.06 bits per heavy atom. The summed E-state index contributed by atoms with van der Waals surface area (Å²) in [7, 11) is 0. The highest BCUT2D eigenvalue weighted by molar-refractivity contribution is 5.78. The molecule has 17 heavy (non-hydrogen) atoms. The molecule has 3 nitrogen and oxygen atoms in total. The van der Waals surface area contributed by atoms with E-state index in [0.29, 0.717) is 6.54 Å². The zero-order valence-electron chi connectivity index (χ0n) is 10.8. The van der Waals surface area contributed by atoms with E-state index in [2.05, 4.69) is 5.32 Å². The van der Waals surface area contributed by atoms with Gasteiger partial charge in [-0.25, -0.2) is 0 Å². The summed E-state index contributed by atoms with van der Waals surface area (Å²) in [6.45, 7) is 0.683. The van der Waals surface area contributed by atoms with Crippen LogP contribution in [0.5, 0.6) is 0 Å². The van der Waals surface area contributed by atoms with Crippen molar-refractivity contribution in [2.75, 3.05) is 6.54 Å². The van der Waals surface area contributed by atoms with Gasteiger partial charge < -0.3 is 11.1 Å². The van der Waals surface area contributed by atoms with E-state index >= 15 is 0 Å². The van der Waals surface area contributed by atoms with Crippen molar-refractivity contribution in [2.24, 2.45) is 11.7 Å². The Morgan fingerprint density at radius 3 is 2.29 bits per heavy atom. The summed E-state index contributed by atoms with van der Waals surface area (Å²) in [4.78, 5) is 12.0. The molecule has 0 atom stereocenters. The highest BCUT2D eigenvalue weighted by Gasteiger charge is 2.29. The smallest absolute Gasteiger partial charge is 0.223 e. The third kappa shape index (κ3) is 3.70. The van der Waals surface area contributed by atoms with E-state index in [1.165, 1.54) is 38.5 Å². The number of nitrogens with one attached hydrogen (secondary N) is 1. The minimum atomic E-state index is -0.122. The minimum Gasteiger partial charge on any atom is -0.354 e. The van der Waals surface area contributed by atoms with Crippen molar-refractivity contribution in [2.45, 2.75) is 69.7 Å². The van der Waals surface area contributed by atoms with Crippen molar-refractivity contribution in [1.82, 2.24) is 5.32 Å². The van der Waals surface area contributed by atoms with Gasteiger partial charge in [0.2, 0.25) is 5.91 Å². The number of hydrogen-bond donors (Lipinski definition) is 2. The Balaban J connectivity index is 1.74. The normalized spacial score (nSPS) is 25.5. The van der Waals surface area contributed by atoms with Crippen molar-refractivity contribution < 1.29 is 4.79 Å². The van der Waals surface area contributed by atoms with E-state index in [-0.39, 0.29) is 17.4 Å². The fourth-order valence-electron chi connectivity index (χ4n) is 3.20. The number of nitrogens with two attached hydrogens (primary N) is 1. The summed E-state index contributed by atoms with van der Waals surface area (Å²) in [5.74, 6) is 0.510. The Kier molecular flexibility index (Phi) is 4.43. The molecule has 2 aliphatic rings. The molecular formula is C14H26N2O. The summed E-state index contributed by atoms with van der Waals surface area (Å²) in [6.07, 6.45) is 11.7. The SMILES string of the molecule is NC1(CNC(=O)C2CCCCC2)CCCCC1. The summed E-state index contributed by atoms with van der Waals surface area (Å²) in [5.41, 5.74) is 6.20. The zero-order valence-corrected chi connectivity index (χ0v) is 10.8. The number of amides is 1. The first kappa shape index (κ1) is 12.9. The number of hydrogen-bond acceptors (Lipinski definition) is 2. The topological polar surface area (TPSA) is 55.1 Å². The average molecular weight is 238 g/mol. The lowest BCUT2D eigenvalue weighted by Gasteiger charge is -2.34. The third-order valence-corrected chi connectivity index (χ3v) is 4.44. The second-order valence-corrected chi connectivity index (χ2v) is 5.98. The van der Waals surface area contributed by atoms with Gasteiger partial charge in [-0.05, 0) is 25.7 Å². The summed E-state index contributed by atoms with van der Waals surface area (Å²) in [5, 5.41) is 3.10. The third-order valence-electron chi connectivity index (χ3n) is 4.44. The summed E-state index contributed by atoms with van der Waals surface area (Å²) < 4.78 is 0. The maximum Gasteiger partial charge on any atom is 0.223 e. The second kappa shape index (κ2) is 5.85. The van der Waals surface area contributed by atoms with Crippen LogP contribution in [0.15, 0.2) is 0 Å². The molecule has 0 aromatic heterocycles. The molecule has 2 aliphatic carbocycles. The molecule has 98 valence electrons. The van der Waals surface area contributed by atoms with Gasteiger partial charge in [0, 0.05) is 18.0 Å². The molecule has 0 aliphatic heterocycles. The van der Waals surface area contributed by atoms with Gasteiger partial charge in [0.25, 0.3) is 0 Å². The van der Waals surface area contributed by atoms with Gasteiger partial charge in [-0.15, -0.1) is 0 Å². The number of rotatable bonds is 3. The fourth-order valence-corrected chi connectivity index (χ4v) is 3.20. The lowest BCUT2D eigenvalue weighted by Crippen LogP contribution is -2.52. The molecule has 0 saturated heterocycles. The van der Waals surface area contributed by atoms with E-state index in [4.69, 9.17) is 5.73 Å². The van der Waals surface area contributed by atoms with Crippen LogP contribution >= 0.6 is 0 Å². The van der Waals surface area contributed by atoms with Crippen molar-refractivity contribution in [1.29, 1.82) is 0 Å². The largest absolute Gasteiger partial charge is 0.354 e. The van der Waals surface area contributed by atoms with Gasteiger partial charge in [-0.2, -0.15) is 0 Å². The van der Waals surface area contributed by atoms with Crippen LogP contribution in [-0.4, -0.2) is 18.0 Å². The Bertz CT molecular complexity index is 253. The van der Waals surface area contributed by atoms with Crippen molar-refractivity contribution in [3.05, 3.63) is 0 Å². The molecule has 0 aromatic rings. The van der Waals surface area contributed by atoms with Gasteiger partial charge in [0.1, 0.15) is 0 Å². The molecule has 3 heteroatoms. The predicted molar refractivity (Wildman–Crippen MR) is 69.6 cm³/mol. The van der Waals surface area contributed by atoms with Crippen LogP contribution in [0.1, 0.15) is 64.2 Å². The second-order valence-electron chi connectivity index (χ2n) is 5.98. The van der Waals surface area contributed by atoms with Gasteiger partial charge in [0.15, 0.2) is 0 Å². The van der Waals surface area contributed by atoms with E-state index < -0.39 is 0 Å². The minimum absolute atomic E-state index is 0.122. The van der Waals surface area contributed by atoms with E-state index in [0.717, 1.165) is 25.7 Å². The number of carbonyl (C=O) groups excluding carboxylic acids is 1. The standard InChI is InChI=1S/C14H26N2O/c15-14(9-5-2-6-10-14)11-16-13(17)12-7-3-1-4-8-12/h12H,1-11,15H2,(H,16,17). The van der Waals surface area contributed by atoms with Crippen LogP contribution in [0.2, 0.25) is 0 Å². The molecule has 2 fully saturated rings. The molecule has 0 aromatic carbocycles. The van der Waals surface area contributed by atoms with Crippen LogP contribution in [0.4, 0.5) is 0 Å². The maximum atomic E-state index is 12.0. The van der Waals surface area contributed by atoms with Crippen molar-refractivity contribution in [3.8, 4) is 0 Å². The fraction of sp³-hybridized carbons (Fsp3) is 0.929. The Morgan fingerprint density at radius 2 is 1.65 bits per heavy atom. The Labute approximate surface area is 105 Å². The quantitative estimate of drug-likeness (QED) is 0.793. The molecule has 0 bridgehead atoms. The van der Waals surface area contributed by atoms with Crippen LogP contribution in [-0.2, 0) is 4.79 Å². The Hall–Kier alpha value is -0.570. The first-order valence-corrected chi connectivity index (χ1v) is 7.26. The van der Waals surface area contributed by atoms with E-state index in [1.54, 1.807) is 0 Å². The lowest BCUT2D eigenvalue weighted by molar-refractivity contribution is -0.126. The molecule has 2 rings (SSSR count). The first-order chi connectivity index (χ1) is 8.20. The molecule has 0 radical (unpaired) electrons. The molecule has 0 spiro atoms. The molecular weight excluding hydrogens is 212 g/mol. The summed E-state index contributed by atoms with van der Waals surface area (Å²) >= 11 is 0. The highest BCUT2D eigenvalue weighted by atomic mass is 16.1. The van der Waals surface area contributed by atoms with E-state index in [9.17, 15) is 4.79 Å². The zero-order chi connectivity index (χ0) is 12.1. The van der Waals surface area contributed by atoms with Crippen LogP contribution in [0.3, 0.4) is 0 Å². The average Bonchev–Trinajstić information content (AvgIpc) is 2.38. The predicted octanol–water partition coefficient (Wildman–Crippen LogP) is 2.34. The molecule has 0 unspecified atom stereocenters. The van der Waals surface area contributed by atoms with Crippen molar-refractivity contribution in [3.63, 3.8) is 0 Å². The molecule has 1 amide bonds. The van der Waals surface area contributed by atoms with Crippen LogP contribution in [0.25, 0.3) is 0 Å². The van der Waals surface area contributed by atoms with Gasteiger partial charge >= 0.3 is 0 Å². The van der Waals surface area contributed by atoms with Gasteiger partial charge in [-0.3, -0.25) is 4.79 Å². The molecule has 2 saturated carbocycles. The van der Waals surface area contributed by atoms with Crippen LogP contribution < -0.4 is 11.1 Å². The highest BCUT2D eigenvalue weighted by Crippen LogP contribution is 2.26. The molecule has 0 heterocycles. The summed E-state index contributed by atoms with van der Waals surface area (Å²) in [6, 6.07) is 0. The number of carbonyl (C=O) groups is 1. The van der Waals surface area contributed by atoms with Gasteiger partial charge in [0.05, 0.1) is 0 Å². The lowest BCUT2D eigenvalue weighted by atomic mass is 9.82. The van der Waals surface area contributed by atoms with Crippen LogP contribution in [0, 0.1) is 5.92 Å². The van der Waals surface area contributed by atoms with E-state index in [1.807, 2.05) is 0 Å². The first-order valence-electron chi connectivity index (χ1n) is 7.26. The van der Waals surface area contributed by atoms with Gasteiger partial charge in [-0.1, -0.05) is 38.5 Å². The maximum absolute atomic E-state index is 12.0. The molecule has 3 N–H and O–H groups in total.